The molecule has 204 valence electrons. The van der Waals surface area contributed by atoms with E-state index < -0.39 is 16.2 Å². The Kier molecular flexibility index (Phi) is 13.3. The van der Waals surface area contributed by atoms with Crippen LogP contribution < -0.4 is 0 Å². The minimum absolute atomic E-state index is 0.106. The Morgan fingerprint density at radius 1 is 0.784 bits per heavy atom. The molecule has 1 unspecified atom stereocenters. The van der Waals surface area contributed by atoms with E-state index in [-0.39, 0.29) is 25.0 Å². The minimum atomic E-state index is -3.39. The molecule has 2 rings (SSSR count). The monoisotopic (exact) mass is 534 g/mol. The van der Waals surface area contributed by atoms with Crippen LogP contribution in [0.25, 0.3) is 0 Å². The molecule has 0 amide bonds. The molecule has 8 nitrogen and oxygen atoms in total. The van der Waals surface area contributed by atoms with E-state index in [4.69, 9.17) is 18.4 Å². The number of rotatable bonds is 17. The summed E-state index contributed by atoms with van der Waals surface area (Å²) in [6, 6.07) is 15.3. The summed E-state index contributed by atoms with van der Waals surface area (Å²) in [6.45, 7) is 0.612. The molecule has 0 heterocycles. The largest absolute Gasteiger partial charge is 0.469 e. The van der Waals surface area contributed by atoms with Crippen LogP contribution in [0, 0.1) is 0 Å². The van der Waals surface area contributed by atoms with Crippen molar-refractivity contribution >= 4 is 22.1 Å². The maximum atomic E-state index is 12.1. The van der Waals surface area contributed by atoms with Crippen LogP contribution in [-0.2, 0) is 46.1 Å². The van der Waals surface area contributed by atoms with Crippen molar-refractivity contribution in [2.75, 3.05) is 33.7 Å². The average Bonchev–Trinajstić information content (AvgIpc) is 2.89. The highest BCUT2D eigenvalue weighted by atomic mass is 32.2. The van der Waals surface area contributed by atoms with Crippen molar-refractivity contribution in [3.8, 4) is 0 Å². The third-order valence-corrected chi connectivity index (χ3v) is 6.55. The number of unbranched alkanes of at least 4 members (excludes halogenated alkanes) is 3. The lowest BCUT2D eigenvalue weighted by molar-refractivity contribution is -0.144. The molecule has 9 heteroatoms. The van der Waals surface area contributed by atoms with Crippen LogP contribution in [0.1, 0.15) is 71.7 Å². The normalized spacial score (nSPS) is 12.2. The van der Waals surface area contributed by atoms with Crippen LogP contribution in [0.5, 0.6) is 0 Å². The molecule has 0 radical (unpaired) electrons. The van der Waals surface area contributed by atoms with Crippen molar-refractivity contribution in [3.05, 3.63) is 70.8 Å². The number of ether oxygens (including phenoxy) is 3. The SMILES string of the molecule is COC(=O)CC(OCCCc1ccccc1C(=O)OC)c1ccccc1CCCCCCOS(C)(=O)=O. The number of methoxy groups -OCH3 is 2. The Bertz CT molecular complexity index is 1100. The van der Waals surface area contributed by atoms with Crippen LogP contribution in [0.15, 0.2) is 48.5 Å². The number of hydrogen-bond acceptors (Lipinski definition) is 8. The second-order valence-corrected chi connectivity index (χ2v) is 10.4. The van der Waals surface area contributed by atoms with Crippen LogP contribution >= 0.6 is 0 Å². The summed E-state index contributed by atoms with van der Waals surface area (Å²) >= 11 is 0. The fourth-order valence-corrected chi connectivity index (χ4v) is 4.51. The first-order chi connectivity index (χ1) is 17.7. The molecule has 0 saturated carbocycles. The van der Waals surface area contributed by atoms with Gasteiger partial charge in [-0.2, -0.15) is 8.42 Å². The molecular formula is C28H38O8S. The molecule has 2 aromatic rings. The van der Waals surface area contributed by atoms with Gasteiger partial charge in [0.1, 0.15) is 0 Å². The van der Waals surface area contributed by atoms with E-state index in [0.717, 1.165) is 48.6 Å². The number of esters is 2. The summed E-state index contributed by atoms with van der Waals surface area (Å²) < 4.78 is 42.8. The van der Waals surface area contributed by atoms with Crippen molar-refractivity contribution < 1.29 is 36.4 Å². The first-order valence-corrected chi connectivity index (χ1v) is 14.3. The molecule has 0 N–H and O–H groups in total. The fraction of sp³-hybridized carbons (Fsp3) is 0.500. The van der Waals surface area contributed by atoms with Crippen LogP contribution in [0.2, 0.25) is 0 Å². The molecule has 0 aliphatic heterocycles. The minimum Gasteiger partial charge on any atom is -0.469 e. The van der Waals surface area contributed by atoms with Crippen molar-refractivity contribution in [1.82, 2.24) is 0 Å². The Balaban J connectivity index is 1.95. The molecule has 0 bridgehead atoms. The van der Waals surface area contributed by atoms with Gasteiger partial charge in [-0.25, -0.2) is 4.79 Å². The van der Waals surface area contributed by atoms with Gasteiger partial charge in [0, 0.05) is 6.61 Å². The van der Waals surface area contributed by atoms with Gasteiger partial charge in [0.05, 0.1) is 45.2 Å². The summed E-state index contributed by atoms with van der Waals surface area (Å²) in [4.78, 5) is 24.2. The lowest BCUT2D eigenvalue weighted by Gasteiger charge is -2.21. The lowest BCUT2D eigenvalue weighted by atomic mass is 9.95. The zero-order valence-electron chi connectivity index (χ0n) is 21.9. The van der Waals surface area contributed by atoms with Crippen molar-refractivity contribution in [3.63, 3.8) is 0 Å². The third-order valence-electron chi connectivity index (χ3n) is 5.95. The highest BCUT2D eigenvalue weighted by Gasteiger charge is 2.20. The number of carbonyl (C=O) groups excluding carboxylic acids is 2. The highest BCUT2D eigenvalue weighted by Crippen LogP contribution is 2.27. The van der Waals surface area contributed by atoms with E-state index in [1.54, 1.807) is 12.1 Å². The summed E-state index contributed by atoms with van der Waals surface area (Å²) in [5.41, 5.74) is 3.51. The maximum Gasteiger partial charge on any atom is 0.338 e. The molecular weight excluding hydrogens is 496 g/mol. The first kappa shape index (κ1) is 30.5. The number of hydrogen-bond donors (Lipinski definition) is 0. The van der Waals surface area contributed by atoms with Crippen molar-refractivity contribution in [2.45, 2.75) is 57.5 Å². The standard InChI is InChI=1S/C28H38O8S/c1-33-27(29)21-26(35-19-12-16-23-15-8-10-18-25(23)28(30)34-2)24-17-9-7-14-22(24)13-6-4-5-11-20-36-37(3,31)32/h7-10,14-15,17-18,26H,4-6,11-13,16,19-21H2,1-3H3. The lowest BCUT2D eigenvalue weighted by Crippen LogP contribution is -2.15. The molecule has 0 aromatic heterocycles. The molecule has 37 heavy (non-hydrogen) atoms. The maximum absolute atomic E-state index is 12.1. The Morgan fingerprint density at radius 2 is 1.43 bits per heavy atom. The third kappa shape index (κ3) is 11.5. The van der Waals surface area contributed by atoms with E-state index in [1.165, 1.54) is 14.2 Å². The summed E-state index contributed by atoms with van der Waals surface area (Å²) in [7, 11) is -0.663. The molecule has 1 atom stereocenters. The van der Waals surface area contributed by atoms with Gasteiger partial charge in [-0.1, -0.05) is 55.3 Å². The van der Waals surface area contributed by atoms with Gasteiger partial charge in [0.15, 0.2) is 0 Å². The van der Waals surface area contributed by atoms with Gasteiger partial charge in [0.25, 0.3) is 10.1 Å². The molecule has 2 aromatic carbocycles. The second-order valence-electron chi connectivity index (χ2n) is 8.78. The second kappa shape index (κ2) is 16.2. The summed E-state index contributed by atoms with van der Waals surface area (Å²) in [5.74, 6) is -0.710. The van der Waals surface area contributed by atoms with Gasteiger partial charge in [-0.15, -0.1) is 0 Å². The number of aryl methyl sites for hydroxylation is 2. The Labute approximate surface area is 220 Å². The van der Waals surface area contributed by atoms with Crippen LogP contribution in [0.4, 0.5) is 0 Å². The topological polar surface area (TPSA) is 105 Å². The predicted octanol–water partition coefficient (Wildman–Crippen LogP) is 4.81. The molecule has 0 aliphatic rings. The van der Waals surface area contributed by atoms with E-state index in [0.29, 0.717) is 31.4 Å². The molecule has 0 fully saturated rings. The van der Waals surface area contributed by atoms with Crippen molar-refractivity contribution in [2.24, 2.45) is 0 Å². The van der Waals surface area contributed by atoms with E-state index in [9.17, 15) is 18.0 Å². The van der Waals surface area contributed by atoms with E-state index in [2.05, 4.69) is 0 Å². The molecule has 0 spiro atoms. The van der Waals surface area contributed by atoms with Gasteiger partial charge >= 0.3 is 11.9 Å². The molecule has 0 aliphatic carbocycles. The average molecular weight is 535 g/mol. The summed E-state index contributed by atoms with van der Waals surface area (Å²) in [6.07, 6.45) is 6.25. The van der Waals surface area contributed by atoms with Gasteiger partial charge in [-0.3, -0.25) is 8.98 Å². The highest BCUT2D eigenvalue weighted by molar-refractivity contribution is 7.85. The summed E-state index contributed by atoms with van der Waals surface area (Å²) in [5, 5.41) is 0. The van der Waals surface area contributed by atoms with Gasteiger partial charge < -0.3 is 14.2 Å². The quantitative estimate of drug-likeness (QED) is 0.162. The van der Waals surface area contributed by atoms with Gasteiger partial charge in [-0.05, 0) is 54.9 Å². The van der Waals surface area contributed by atoms with Crippen LogP contribution in [0.3, 0.4) is 0 Å². The van der Waals surface area contributed by atoms with E-state index >= 15 is 0 Å². The van der Waals surface area contributed by atoms with Crippen LogP contribution in [-0.4, -0.2) is 54.0 Å². The fourth-order valence-electron chi connectivity index (χ4n) is 4.09. The predicted molar refractivity (Wildman–Crippen MR) is 141 cm³/mol. The van der Waals surface area contributed by atoms with Crippen molar-refractivity contribution in [1.29, 1.82) is 0 Å². The van der Waals surface area contributed by atoms with E-state index in [1.807, 2.05) is 36.4 Å². The molecule has 0 saturated heterocycles. The Morgan fingerprint density at radius 3 is 2.14 bits per heavy atom. The smallest absolute Gasteiger partial charge is 0.338 e. The first-order valence-electron chi connectivity index (χ1n) is 12.5. The van der Waals surface area contributed by atoms with Gasteiger partial charge in [0.2, 0.25) is 0 Å². The zero-order valence-corrected chi connectivity index (χ0v) is 22.8. The number of benzene rings is 2. The zero-order chi connectivity index (χ0) is 27.1. The number of carbonyl (C=O) groups is 2. The Hall–Kier alpha value is -2.75.